The molecule has 0 aliphatic carbocycles. The number of hydrogen-bond donors (Lipinski definition) is 2. The number of hydrogen-bond acceptors (Lipinski definition) is 3. The van der Waals surface area contributed by atoms with E-state index in [4.69, 9.17) is 0 Å². The van der Waals surface area contributed by atoms with Gasteiger partial charge in [0.05, 0.1) is 5.56 Å². The predicted molar refractivity (Wildman–Crippen MR) is 120 cm³/mol. The molecule has 2 rings (SSSR count). The quantitative estimate of drug-likeness (QED) is 0.292. The fourth-order valence-corrected chi connectivity index (χ4v) is 3.58. The summed E-state index contributed by atoms with van der Waals surface area (Å²) in [5.41, 5.74) is 4.10. The first kappa shape index (κ1) is 23.1. The van der Waals surface area contributed by atoms with Crippen LogP contribution >= 0.6 is 0 Å². The van der Waals surface area contributed by atoms with E-state index in [-0.39, 0.29) is 23.4 Å². The molecule has 0 spiro atoms. The second-order valence-corrected chi connectivity index (χ2v) is 8.60. The molecule has 1 amide bonds. The number of aryl methyl sites for hydroxylation is 1. The molecule has 29 heavy (non-hydrogen) atoms. The fourth-order valence-electron chi connectivity index (χ4n) is 3.58. The number of amides is 1. The molecule has 1 heterocycles. The van der Waals surface area contributed by atoms with Crippen LogP contribution in [0.2, 0.25) is 0 Å². The van der Waals surface area contributed by atoms with Crippen molar-refractivity contribution in [3.63, 3.8) is 0 Å². The lowest BCUT2D eigenvalue weighted by molar-refractivity contribution is 0.0872. The summed E-state index contributed by atoms with van der Waals surface area (Å²) >= 11 is 0. The molecular formula is C25H37NO3. The maximum absolute atomic E-state index is 13.0. The van der Waals surface area contributed by atoms with Crippen molar-refractivity contribution in [2.75, 3.05) is 6.54 Å². The van der Waals surface area contributed by atoms with Crippen LogP contribution in [0.3, 0.4) is 0 Å². The molecule has 4 heteroatoms. The number of benzene rings is 1. The van der Waals surface area contributed by atoms with Gasteiger partial charge in [-0.05, 0) is 71.4 Å². The molecule has 1 aliphatic heterocycles. The first-order valence-corrected chi connectivity index (χ1v) is 10.9. The van der Waals surface area contributed by atoms with Crippen LogP contribution in [-0.2, 0) is 12.8 Å². The van der Waals surface area contributed by atoms with E-state index < -0.39 is 0 Å². The Morgan fingerprint density at radius 3 is 2.48 bits per heavy atom. The van der Waals surface area contributed by atoms with Crippen LogP contribution in [0.1, 0.15) is 88.2 Å². The van der Waals surface area contributed by atoms with Crippen molar-refractivity contribution in [2.45, 2.75) is 85.6 Å². The van der Waals surface area contributed by atoms with Crippen molar-refractivity contribution >= 4 is 5.91 Å². The largest absolute Gasteiger partial charge is 0.508 e. The van der Waals surface area contributed by atoms with Crippen molar-refractivity contribution < 1.29 is 15.0 Å². The number of carbonyl (C=O) groups is 1. The summed E-state index contributed by atoms with van der Waals surface area (Å²) in [4.78, 5) is 14.7. The molecule has 1 saturated heterocycles. The SMILES string of the molecule is CCCCCc1cc(O)c(CC=C(C)CCC=C(C)C)c(O)c1C(=O)N1C[C@H]1C. The Morgan fingerprint density at radius 2 is 1.90 bits per heavy atom. The van der Waals surface area contributed by atoms with Gasteiger partial charge in [-0.2, -0.15) is 0 Å². The van der Waals surface area contributed by atoms with E-state index in [2.05, 4.69) is 33.8 Å². The highest BCUT2D eigenvalue weighted by Crippen LogP contribution is 2.37. The topological polar surface area (TPSA) is 60.5 Å². The molecule has 4 nitrogen and oxygen atoms in total. The van der Waals surface area contributed by atoms with Crippen LogP contribution in [-0.4, -0.2) is 33.6 Å². The highest BCUT2D eigenvalue weighted by atomic mass is 16.3. The van der Waals surface area contributed by atoms with Crippen molar-refractivity contribution in [1.82, 2.24) is 4.90 Å². The van der Waals surface area contributed by atoms with Crippen LogP contribution in [0.25, 0.3) is 0 Å². The van der Waals surface area contributed by atoms with Gasteiger partial charge >= 0.3 is 0 Å². The van der Waals surface area contributed by atoms with Crippen LogP contribution in [0.5, 0.6) is 11.5 Å². The number of allylic oxidation sites excluding steroid dienone is 4. The summed E-state index contributed by atoms with van der Waals surface area (Å²) in [6, 6.07) is 1.92. The van der Waals surface area contributed by atoms with Gasteiger partial charge < -0.3 is 15.1 Å². The van der Waals surface area contributed by atoms with Crippen LogP contribution in [0.15, 0.2) is 29.4 Å². The van der Waals surface area contributed by atoms with E-state index in [1.54, 1.807) is 11.0 Å². The Hall–Kier alpha value is -2.23. The molecule has 2 N–H and O–H groups in total. The molecule has 1 aromatic carbocycles. The molecule has 0 saturated carbocycles. The van der Waals surface area contributed by atoms with E-state index in [1.807, 2.05) is 13.0 Å². The first-order valence-electron chi connectivity index (χ1n) is 10.9. The van der Waals surface area contributed by atoms with Gasteiger partial charge in [-0.15, -0.1) is 0 Å². The molecule has 0 aromatic heterocycles. The number of unbranched alkanes of at least 4 members (excludes halogenated alkanes) is 2. The third kappa shape index (κ3) is 6.38. The van der Waals surface area contributed by atoms with Gasteiger partial charge in [0.1, 0.15) is 11.5 Å². The molecule has 1 atom stereocenters. The summed E-state index contributed by atoms with van der Waals surface area (Å²) in [7, 11) is 0. The lowest BCUT2D eigenvalue weighted by atomic mass is 9.94. The average molecular weight is 400 g/mol. The predicted octanol–water partition coefficient (Wildman–Crippen LogP) is 5.91. The van der Waals surface area contributed by atoms with Gasteiger partial charge in [-0.3, -0.25) is 4.79 Å². The summed E-state index contributed by atoms with van der Waals surface area (Å²) in [5, 5.41) is 21.5. The van der Waals surface area contributed by atoms with E-state index in [1.165, 1.54) is 11.1 Å². The van der Waals surface area contributed by atoms with Crippen LogP contribution in [0.4, 0.5) is 0 Å². The Morgan fingerprint density at radius 1 is 1.21 bits per heavy atom. The minimum atomic E-state index is -0.119. The Bertz CT molecular complexity index is 788. The Labute approximate surface area is 175 Å². The zero-order valence-corrected chi connectivity index (χ0v) is 18.7. The second-order valence-electron chi connectivity index (χ2n) is 8.60. The van der Waals surface area contributed by atoms with Crippen molar-refractivity contribution in [2.24, 2.45) is 0 Å². The zero-order chi connectivity index (χ0) is 21.6. The monoisotopic (exact) mass is 399 g/mol. The van der Waals surface area contributed by atoms with Gasteiger partial charge in [0.25, 0.3) is 5.91 Å². The highest BCUT2D eigenvalue weighted by Gasteiger charge is 2.37. The summed E-state index contributed by atoms with van der Waals surface area (Å²) in [6.45, 7) is 11.1. The van der Waals surface area contributed by atoms with Gasteiger partial charge in [-0.25, -0.2) is 0 Å². The second kappa shape index (κ2) is 10.5. The van der Waals surface area contributed by atoms with Gasteiger partial charge in [0.15, 0.2) is 0 Å². The molecular weight excluding hydrogens is 362 g/mol. The molecule has 0 radical (unpaired) electrons. The summed E-state index contributed by atoms with van der Waals surface area (Å²) in [6.07, 6.45) is 10.4. The Kier molecular flexibility index (Phi) is 8.36. The molecule has 1 fully saturated rings. The van der Waals surface area contributed by atoms with Crippen molar-refractivity contribution in [3.8, 4) is 11.5 Å². The standard InChI is InChI=1S/C25H37NO3/c1-6-7-8-12-20-15-22(27)21(14-13-18(4)11-9-10-17(2)3)24(28)23(20)25(29)26-16-19(26)5/h10,13,15,19,27-28H,6-9,11-12,14,16H2,1-5H3/t19-,26?/m1/s1. The molecule has 1 aromatic rings. The third-order valence-electron chi connectivity index (χ3n) is 5.59. The molecule has 1 aliphatic rings. The van der Waals surface area contributed by atoms with E-state index in [0.29, 0.717) is 24.0 Å². The van der Waals surface area contributed by atoms with E-state index in [0.717, 1.165) is 44.2 Å². The minimum absolute atomic E-state index is 0.0473. The Balaban J connectivity index is 2.28. The lowest BCUT2D eigenvalue weighted by Crippen LogP contribution is -2.16. The fraction of sp³-hybridized carbons (Fsp3) is 0.560. The average Bonchev–Trinajstić information content (AvgIpc) is 3.37. The van der Waals surface area contributed by atoms with Crippen molar-refractivity contribution in [3.05, 3.63) is 46.1 Å². The van der Waals surface area contributed by atoms with E-state index >= 15 is 0 Å². The maximum atomic E-state index is 13.0. The third-order valence-corrected chi connectivity index (χ3v) is 5.59. The maximum Gasteiger partial charge on any atom is 0.258 e. The summed E-state index contributed by atoms with van der Waals surface area (Å²) in [5.74, 6) is -0.0845. The smallest absolute Gasteiger partial charge is 0.258 e. The number of carbonyl (C=O) groups excluding carboxylic acids is 1. The van der Waals surface area contributed by atoms with Crippen LogP contribution < -0.4 is 0 Å². The van der Waals surface area contributed by atoms with Crippen molar-refractivity contribution in [1.29, 1.82) is 0 Å². The first-order chi connectivity index (χ1) is 13.8. The number of rotatable bonds is 10. The van der Waals surface area contributed by atoms with E-state index in [9.17, 15) is 15.0 Å². The van der Waals surface area contributed by atoms with Gasteiger partial charge in [0, 0.05) is 18.2 Å². The summed E-state index contributed by atoms with van der Waals surface area (Å²) < 4.78 is 0. The van der Waals surface area contributed by atoms with Crippen LogP contribution in [0, 0.1) is 0 Å². The minimum Gasteiger partial charge on any atom is -0.508 e. The number of nitrogens with zero attached hydrogens (tertiary/aromatic N) is 1. The number of aromatic hydroxyl groups is 2. The van der Waals surface area contributed by atoms with Gasteiger partial charge in [0.2, 0.25) is 0 Å². The van der Waals surface area contributed by atoms with Gasteiger partial charge in [-0.1, -0.05) is 43.1 Å². The number of phenols is 2. The normalized spacial score (nSPS) is 16.1. The molecule has 0 unspecified atom stereocenters. The highest BCUT2D eigenvalue weighted by molar-refractivity contribution is 6.00. The molecule has 0 bridgehead atoms. The molecule has 160 valence electrons. The lowest BCUT2D eigenvalue weighted by Gasteiger charge is -2.16. The zero-order valence-electron chi connectivity index (χ0n) is 18.7. The number of phenolic OH excluding ortho intramolecular Hbond substituents is 2.